The maximum Gasteiger partial charge on any atom is 0.410 e. The average Bonchev–Trinajstić information content (AvgIpc) is 2.93. The molecule has 3 rings (SSSR count). The Morgan fingerprint density at radius 3 is 1.81 bits per heavy atom. The zero-order valence-corrected chi connectivity index (χ0v) is 26.6. The Kier molecular flexibility index (Phi) is 11.5. The van der Waals surface area contributed by atoms with Crippen molar-refractivity contribution in [2.75, 3.05) is 32.7 Å². The minimum Gasteiger partial charge on any atom is -0.458 e. The summed E-state index contributed by atoms with van der Waals surface area (Å²) in [6, 6.07) is 20.1. The number of carbonyl (C=O) groups excluding carboxylic acids is 2. The van der Waals surface area contributed by atoms with Gasteiger partial charge in [0.1, 0.15) is 11.2 Å². The topological polar surface area (TPSA) is 71.4 Å². The molecule has 0 N–H and O–H groups in total. The number of carbonyl (C=O) groups is 2. The van der Waals surface area contributed by atoms with Crippen molar-refractivity contribution in [1.29, 1.82) is 0 Å². The van der Waals surface area contributed by atoms with Crippen LogP contribution >= 0.6 is 0 Å². The standard InChI is InChI=1S/C35H49N3O4/c1-8-9-21-35(31(39)41-33(2,3)4,36-30(28-17-12-10-13-18-28)29-19-14-11-15-20-29)22-16-23-37-24-26-38(27-25-37)32(40)42-34(5,6)7/h8-15,17-20H,16,21-27H2,1-7H3/b9-8+. The van der Waals surface area contributed by atoms with Crippen LogP contribution in [0.25, 0.3) is 0 Å². The van der Waals surface area contributed by atoms with Crippen LogP contribution in [0.2, 0.25) is 0 Å². The van der Waals surface area contributed by atoms with Gasteiger partial charge in [-0.2, -0.15) is 0 Å². The van der Waals surface area contributed by atoms with Crippen molar-refractivity contribution in [1.82, 2.24) is 9.80 Å². The maximum absolute atomic E-state index is 14.1. The Morgan fingerprint density at radius 1 is 0.810 bits per heavy atom. The number of aliphatic imine (C=N–C) groups is 1. The van der Waals surface area contributed by atoms with E-state index < -0.39 is 16.7 Å². The van der Waals surface area contributed by atoms with Crippen LogP contribution in [0.4, 0.5) is 4.79 Å². The first-order chi connectivity index (χ1) is 19.8. The van der Waals surface area contributed by atoms with Crippen LogP contribution in [0.1, 0.15) is 78.9 Å². The number of rotatable bonds is 10. The summed E-state index contributed by atoms with van der Waals surface area (Å²) in [5.74, 6) is -0.313. The Balaban J connectivity index is 1.88. The molecule has 0 radical (unpaired) electrons. The van der Waals surface area contributed by atoms with Crippen LogP contribution < -0.4 is 0 Å². The van der Waals surface area contributed by atoms with E-state index in [1.165, 1.54) is 0 Å². The Bertz CT molecular complexity index is 1160. The third kappa shape index (κ3) is 10.1. The zero-order chi connectivity index (χ0) is 30.8. The molecule has 0 spiro atoms. The molecule has 42 heavy (non-hydrogen) atoms. The third-order valence-corrected chi connectivity index (χ3v) is 6.98. The van der Waals surface area contributed by atoms with Gasteiger partial charge in [-0.1, -0.05) is 72.8 Å². The largest absolute Gasteiger partial charge is 0.458 e. The highest BCUT2D eigenvalue weighted by atomic mass is 16.6. The van der Waals surface area contributed by atoms with Gasteiger partial charge in [0.2, 0.25) is 0 Å². The normalized spacial score (nSPS) is 16.1. The third-order valence-electron chi connectivity index (χ3n) is 6.98. The Hall–Kier alpha value is -3.45. The predicted octanol–water partition coefficient (Wildman–Crippen LogP) is 6.90. The Labute approximate surface area is 252 Å². The van der Waals surface area contributed by atoms with Gasteiger partial charge in [-0.3, -0.25) is 9.89 Å². The van der Waals surface area contributed by atoms with E-state index >= 15 is 0 Å². The lowest BCUT2D eigenvalue weighted by atomic mass is 9.88. The molecule has 1 amide bonds. The molecule has 1 saturated heterocycles. The van der Waals surface area contributed by atoms with Gasteiger partial charge < -0.3 is 14.4 Å². The van der Waals surface area contributed by atoms with E-state index in [0.29, 0.717) is 25.9 Å². The van der Waals surface area contributed by atoms with E-state index in [-0.39, 0.29) is 12.1 Å². The van der Waals surface area contributed by atoms with Gasteiger partial charge in [0.15, 0.2) is 5.54 Å². The fourth-order valence-electron chi connectivity index (χ4n) is 4.90. The van der Waals surface area contributed by atoms with E-state index in [0.717, 1.165) is 42.9 Å². The SMILES string of the molecule is C/C=C/CC(CCCN1CCN(C(=O)OC(C)(C)C)CC1)(N=C(c1ccccc1)c1ccccc1)C(=O)OC(C)(C)C. The number of nitrogens with zero attached hydrogens (tertiary/aromatic N) is 3. The van der Waals surface area contributed by atoms with Crippen LogP contribution in [0.5, 0.6) is 0 Å². The molecule has 1 atom stereocenters. The van der Waals surface area contributed by atoms with E-state index in [1.807, 2.05) is 121 Å². The van der Waals surface area contributed by atoms with Crippen LogP contribution in [0, 0.1) is 0 Å². The highest BCUT2D eigenvalue weighted by molar-refractivity contribution is 6.13. The van der Waals surface area contributed by atoms with Crippen molar-refractivity contribution in [3.63, 3.8) is 0 Å². The lowest BCUT2D eigenvalue weighted by molar-refractivity contribution is -0.161. The molecule has 1 aliphatic heterocycles. The lowest BCUT2D eigenvalue weighted by Crippen LogP contribution is -2.50. The van der Waals surface area contributed by atoms with Crippen molar-refractivity contribution in [3.05, 3.63) is 83.9 Å². The van der Waals surface area contributed by atoms with Gasteiger partial charge in [0.05, 0.1) is 5.71 Å². The fraction of sp³-hybridized carbons (Fsp3) is 0.514. The van der Waals surface area contributed by atoms with Crippen molar-refractivity contribution in [3.8, 4) is 0 Å². The second-order valence-electron chi connectivity index (χ2n) is 12.9. The highest BCUT2D eigenvalue weighted by Crippen LogP contribution is 2.31. The number of esters is 1. The number of hydrogen-bond acceptors (Lipinski definition) is 6. The zero-order valence-electron chi connectivity index (χ0n) is 26.6. The van der Waals surface area contributed by atoms with Gasteiger partial charge in [-0.15, -0.1) is 0 Å². The van der Waals surface area contributed by atoms with Crippen LogP contribution in [-0.2, 0) is 14.3 Å². The molecular formula is C35H49N3O4. The molecule has 1 unspecified atom stereocenters. The molecule has 0 aromatic heterocycles. The fourth-order valence-corrected chi connectivity index (χ4v) is 4.90. The highest BCUT2D eigenvalue weighted by Gasteiger charge is 2.41. The number of ether oxygens (including phenoxy) is 2. The molecule has 0 aliphatic carbocycles. The quantitative estimate of drug-likeness (QED) is 0.175. The molecule has 0 bridgehead atoms. The summed E-state index contributed by atoms with van der Waals surface area (Å²) >= 11 is 0. The minimum absolute atomic E-state index is 0.263. The molecule has 228 valence electrons. The molecular weight excluding hydrogens is 526 g/mol. The summed E-state index contributed by atoms with van der Waals surface area (Å²) in [5, 5.41) is 0. The first kappa shape index (κ1) is 33.1. The lowest BCUT2D eigenvalue weighted by Gasteiger charge is -2.36. The van der Waals surface area contributed by atoms with Gasteiger partial charge in [0.25, 0.3) is 0 Å². The van der Waals surface area contributed by atoms with Gasteiger partial charge in [-0.05, 0) is 67.9 Å². The molecule has 1 fully saturated rings. The van der Waals surface area contributed by atoms with Crippen molar-refractivity contribution in [2.24, 2.45) is 4.99 Å². The number of piperazine rings is 1. The number of amides is 1. The van der Waals surface area contributed by atoms with E-state index in [2.05, 4.69) is 4.90 Å². The van der Waals surface area contributed by atoms with Crippen LogP contribution in [0.15, 0.2) is 77.8 Å². The molecule has 1 heterocycles. The molecule has 7 heteroatoms. The molecule has 7 nitrogen and oxygen atoms in total. The van der Waals surface area contributed by atoms with E-state index in [4.69, 9.17) is 14.5 Å². The maximum atomic E-state index is 14.1. The van der Waals surface area contributed by atoms with E-state index in [9.17, 15) is 9.59 Å². The van der Waals surface area contributed by atoms with Crippen molar-refractivity contribution >= 4 is 17.8 Å². The molecule has 1 aliphatic rings. The number of benzene rings is 2. The molecule has 2 aromatic rings. The summed E-state index contributed by atoms with van der Waals surface area (Å²) in [6.45, 7) is 16.9. The monoisotopic (exact) mass is 575 g/mol. The Morgan fingerprint density at radius 2 is 1.33 bits per heavy atom. The summed E-state index contributed by atoms with van der Waals surface area (Å²) in [6.07, 6.45) is 5.44. The number of allylic oxidation sites excluding steroid dienone is 1. The first-order valence-corrected chi connectivity index (χ1v) is 15.1. The van der Waals surface area contributed by atoms with Crippen molar-refractivity contribution < 1.29 is 19.1 Å². The van der Waals surface area contributed by atoms with Gasteiger partial charge in [0, 0.05) is 43.7 Å². The van der Waals surface area contributed by atoms with Crippen LogP contribution in [-0.4, -0.2) is 77.0 Å². The van der Waals surface area contributed by atoms with Crippen LogP contribution in [0.3, 0.4) is 0 Å². The minimum atomic E-state index is -1.10. The molecule has 0 saturated carbocycles. The smallest absolute Gasteiger partial charge is 0.410 e. The summed E-state index contributed by atoms with van der Waals surface area (Å²) in [4.78, 5) is 36.0. The molecule has 2 aromatic carbocycles. The first-order valence-electron chi connectivity index (χ1n) is 15.1. The van der Waals surface area contributed by atoms with E-state index in [1.54, 1.807) is 4.90 Å². The van der Waals surface area contributed by atoms with Crippen molar-refractivity contribution in [2.45, 2.75) is 84.5 Å². The number of hydrogen-bond donors (Lipinski definition) is 0. The summed E-state index contributed by atoms with van der Waals surface area (Å²) < 4.78 is 11.6. The summed E-state index contributed by atoms with van der Waals surface area (Å²) in [5.41, 5.74) is 0.429. The van der Waals surface area contributed by atoms with Gasteiger partial charge >= 0.3 is 12.1 Å². The average molecular weight is 576 g/mol. The predicted molar refractivity (Wildman–Crippen MR) is 170 cm³/mol. The summed E-state index contributed by atoms with van der Waals surface area (Å²) in [7, 11) is 0. The second kappa shape index (κ2) is 14.6. The second-order valence-corrected chi connectivity index (χ2v) is 12.9. The van der Waals surface area contributed by atoms with Gasteiger partial charge in [-0.25, -0.2) is 9.59 Å².